The monoisotopic (exact) mass is 364 g/mol. The molecule has 0 atom stereocenters. The first kappa shape index (κ1) is 27.3. The van der Waals surface area contributed by atoms with Crippen LogP contribution >= 0.6 is 0 Å². The van der Waals surface area contributed by atoms with Crippen LogP contribution < -0.4 is 0 Å². The van der Waals surface area contributed by atoms with Gasteiger partial charge >= 0.3 is 29.0 Å². The van der Waals surface area contributed by atoms with Crippen LogP contribution in [0.25, 0.3) is 0 Å². The van der Waals surface area contributed by atoms with Crippen molar-refractivity contribution in [3.05, 3.63) is 12.2 Å². The number of allylic oxidation sites excluding steroid dienone is 2. The molecule has 4 heteroatoms. The minimum Gasteiger partial charge on any atom is -1.00 e. The van der Waals surface area contributed by atoms with Crippen LogP contribution in [0, 0.1) is 0 Å². The Balaban J connectivity index is -0.000000301. The average Bonchev–Trinajstić information content (AvgIpc) is 2.43. The molecule has 0 aromatic rings. The smallest absolute Gasteiger partial charge is 1.00 e. The topological polar surface area (TPSA) is 37.3 Å². The van der Waals surface area contributed by atoms with E-state index in [1.165, 1.54) is 70.6 Å². The van der Waals surface area contributed by atoms with E-state index in [1.807, 2.05) is 0 Å². The minimum absolute atomic E-state index is 0. The minimum atomic E-state index is -0.664. The maximum Gasteiger partial charge on any atom is 2.00 e. The summed E-state index contributed by atoms with van der Waals surface area (Å²) in [7, 11) is 0. The molecule has 0 radical (unpaired) electrons. The molecule has 0 aliphatic carbocycles. The number of aliphatic carboxylic acids is 1. The molecule has 0 aliphatic heterocycles. The zero-order chi connectivity index (χ0) is 14.9. The Hall–Kier alpha value is 0.496. The molecule has 1 N–H and O–H groups in total. The zero-order valence-corrected chi connectivity index (χ0v) is 17.0. The van der Waals surface area contributed by atoms with Gasteiger partial charge in [0.15, 0.2) is 0 Å². The quantitative estimate of drug-likeness (QED) is 0.221. The van der Waals surface area contributed by atoms with Gasteiger partial charge in [0.05, 0.1) is 0 Å². The number of unbranched alkanes of at least 4 members (excludes halogenated alkanes) is 11. The van der Waals surface area contributed by atoms with E-state index in [0.717, 1.165) is 12.8 Å². The summed E-state index contributed by atoms with van der Waals surface area (Å²) in [5.74, 6) is -0.664. The Labute approximate surface area is 167 Å². The SMILES string of the molecule is CCCCCCCCC=CCCCCCCCC(=O)O.[Fe].[H-].[H-].[Mg+2]. The first-order valence-electron chi connectivity index (χ1n) is 8.64. The van der Waals surface area contributed by atoms with E-state index in [1.54, 1.807) is 0 Å². The Morgan fingerprint density at radius 3 is 1.68 bits per heavy atom. The molecule has 22 heavy (non-hydrogen) atoms. The Kier molecular flexibility index (Phi) is 29.5. The van der Waals surface area contributed by atoms with Crippen molar-refractivity contribution >= 4 is 29.0 Å². The third kappa shape index (κ3) is 25.4. The molecule has 0 aromatic heterocycles. The molecule has 130 valence electrons. The van der Waals surface area contributed by atoms with Gasteiger partial charge in [-0.3, -0.25) is 4.79 Å². The second kappa shape index (κ2) is 23.8. The van der Waals surface area contributed by atoms with Crippen molar-refractivity contribution in [3.63, 3.8) is 0 Å². The molecule has 0 amide bonds. The van der Waals surface area contributed by atoms with E-state index in [2.05, 4.69) is 19.1 Å². The van der Waals surface area contributed by atoms with Gasteiger partial charge < -0.3 is 7.96 Å². The standard InChI is InChI=1S/C18H34O2.Fe.Mg.2H/c1-2-3-4-5-6-7-8-9-10-11-12-13-14-15-16-17-18(19)20;;;;/h9-10H,2-8,11-17H2,1H3,(H,19,20);;;;/q;;+2;2*-1. The molecule has 0 spiro atoms. The largest absolute Gasteiger partial charge is 2.00 e. The molecule has 0 aromatic carbocycles. The van der Waals surface area contributed by atoms with Crippen LogP contribution in [0.4, 0.5) is 0 Å². The van der Waals surface area contributed by atoms with E-state index < -0.39 is 5.97 Å². The summed E-state index contributed by atoms with van der Waals surface area (Å²) >= 11 is 0. The van der Waals surface area contributed by atoms with E-state index >= 15 is 0 Å². The van der Waals surface area contributed by atoms with E-state index in [-0.39, 0.29) is 43.0 Å². The van der Waals surface area contributed by atoms with Crippen LogP contribution in [0.1, 0.15) is 99.7 Å². The van der Waals surface area contributed by atoms with Crippen LogP contribution in [0.15, 0.2) is 12.2 Å². The van der Waals surface area contributed by atoms with Crippen LogP contribution in [0.3, 0.4) is 0 Å². The van der Waals surface area contributed by atoms with Crippen molar-refractivity contribution in [1.82, 2.24) is 0 Å². The predicted molar refractivity (Wildman–Crippen MR) is 95.1 cm³/mol. The van der Waals surface area contributed by atoms with Crippen LogP contribution in [-0.2, 0) is 21.9 Å². The first-order chi connectivity index (χ1) is 9.77. The Bertz CT molecular complexity index is 255. The van der Waals surface area contributed by atoms with E-state index in [4.69, 9.17) is 5.11 Å². The fraction of sp³-hybridized carbons (Fsp3) is 0.833. The van der Waals surface area contributed by atoms with Gasteiger partial charge in [0.1, 0.15) is 0 Å². The molecule has 0 saturated heterocycles. The summed E-state index contributed by atoms with van der Waals surface area (Å²) in [4.78, 5) is 10.3. The normalized spacial score (nSPS) is 10.2. The number of carboxylic acid groups (broad SMARTS) is 1. The number of rotatable bonds is 15. The van der Waals surface area contributed by atoms with Gasteiger partial charge in [-0.15, -0.1) is 0 Å². The van der Waals surface area contributed by atoms with Crippen molar-refractivity contribution in [2.45, 2.75) is 96.8 Å². The molecule has 0 aliphatic rings. The van der Waals surface area contributed by atoms with Gasteiger partial charge in [-0.2, -0.15) is 0 Å². The average molecular weight is 365 g/mol. The molecule has 0 fully saturated rings. The van der Waals surface area contributed by atoms with Gasteiger partial charge in [0.2, 0.25) is 0 Å². The molecule has 0 saturated carbocycles. The van der Waals surface area contributed by atoms with Crippen molar-refractivity contribution in [2.75, 3.05) is 0 Å². The summed E-state index contributed by atoms with van der Waals surface area (Å²) in [6.07, 6.45) is 21.2. The Morgan fingerprint density at radius 1 is 0.818 bits per heavy atom. The molecule has 0 unspecified atom stereocenters. The summed E-state index contributed by atoms with van der Waals surface area (Å²) in [6.45, 7) is 2.26. The molecule has 0 heterocycles. The van der Waals surface area contributed by atoms with Crippen LogP contribution in [-0.4, -0.2) is 34.1 Å². The number of carbonyl (C=O) groups is 1. The molecule has 2 nitrogen and oxygen atoms in total. The second-order valence-corrected chi connectivity index (χ2v) is 5.73. The van der Waals surface area contributed by atoms with E-state index in [0.29, 0.717) is 6.42 Å². The summed E-state index contributed by atoms with van der Waals surface area (Å²) in [5.41, 5.74) is 0. The first-order valence-corrected chi connectivity index (χ1v) is 8.64. The maximum absolute atomic E-state index is 10.3. The molecular formula is C18H36FeMgO2. The van der Waals surface area contributed by atoms with Crippen molar-refractivity contribution in [2.24, 2.45) is 0 Å². The zero-order valence-electron chi connectivity index (χ0n) is 16.5. The fourth-order valence-corrected chi connectivity index (χ4v) is 2.35. The number of carboxylic acids is 1. The molecular weight excluding hydrogens is 328 g/mol. The molecule has 0 rings (SSSR count). The van der Waals surface area contributed by atoms with Gasteiger partial charge in [0, 0.05) is 23.5 Å². The van der Waals surface area contributed by atoms with E-state index in [9.17, 15) is 4.79 Å². The van der Waals surface area contributed by atoms with Gasteiger partial charge in [-0.25, -0.2) is 0 Å². The van der Waals surface area contributed by atoms with Crippen LogP contribution in [0.2, 0.25) is 0 Å². The van der Waals surface area contributed by atoms with Gasteiger partial charge in [-0.1, -0.05) is 70.4 Å². The van der Waals surface area contributed by atoms with Crippen molar-refractivity contribution < 1.29 is 29.8 Å². The van der Waals surface area contributed by atoms with Gasteiger partial charge in [-0.05, 0) is 32.1 Å². The predicted octanol–water partition coefficient (Wildman–Crippen LogP) is 5.95. The van der Waals surface area contributed by atoms with Crippen molar-refractivity contribution in [3.8, 4) is 0 Å². The summed E-state index contributed by atoms with van der Waals surface area (Å²) in [5, 5.41) is 8.51. The summed E-state index contributed by atoms with van der Waals surface area (Å²) in [6, 6.07) is 0. The van der Waals surface area contributed by atoms with Crippen molar-refractivity contribution in [1.29, 1.82) is 0 Å². The maximum atomic E-state index is 10.3. The van der Waals surface area contributed by atoms with Crippen LogP contribution in [0.5, 0.6) is 0 Å². The summed E-state index contributed by atoms with van der Waals surface area (Å²) < 4.78 is 0. The third-order valence-corrected chi connectivity index (χ3v) is 3.65. The molecule has 0 bridgehead atoms. The second-order valence-electron chi connectivity index (χ2n) is 5.73. The number of hydrogen-bond acceptors (Lipinski definition) is 1. The third-order valence-electron chi connectivity index (χ3n) is 3.65. The Morgan fingerprint density at radius 2 is 1.23 bits per heavy atom. The van der Waals surface area contributed by atoms with Gasteiger partial charge in [0.25, 0.3) is 0 Å². The number of hydrogen-bond donors (Lipinski definition) is 1. The fourth-order valence-electron chi connectivity index (χ4n) is 2.35.